The van der Waals surface area contributed by atoms with Gasteiger partial charge < -0.3 is 24.0 Å². The predicted octanol–water partition coefficient (Wildman–Crippen LogP) is 6.24. The number of rotatable bonds is 6. The third-order valence-corrected chi connectivity index (χ3v) is 8.88. The fourth-order valence-corrected chi connectivity index (χ4v) is 6.57. The fraction of sp³-hybridized carbons (Fsp3) is 0.457. The lowest BCUT2D eigenvalue weighted by molar-refractivity contribution is -0.146. The van der Waals surface area contributed by atoms with Crippen LogP contribution in [0.3, 0.4) is 0 Å². The zero-order chi connectivity index (χ0) is 30.5. The summed E-state index contributed by atoms with van der Waals surface area (Å²) in [4.78, 5) is 34.1. The number of benzene rings is 2. The molecule has 1 aromatic heterocycles. The number of fused-ring (bicyclic) bond motifs is 2. The van der Waals surface area contributed by atoms with Gasteiger partial charge in [-0.25, -0.2) is 9.78 Å². The monoisotopic (exact) mass is 583 g/mol. The van der Waals surface area contributed by atoms with Gasteiger partial charge in [0.15, 0.2) is 0 Å². The number of hydrogen-bond acceptors (Lipinski definition) is 7. The molecule has 226 valence electrons. The van der Waals surface area contributed by atoms with Crippen LogP contribution in [0.5, 0.6) is 5.75 Å². The van der Waals surface area contributed by atoms with Gasteiger partial charge in [0, 0.05) is 31.7 Å². The van der Waals surface area contributed by atoms with Crippen LogP contribution in [0.15, 0.2) is 48.5 Å². The van der Waals surface area contributed by atoms with Crippen molar-refractivity contribution in [3.63, 3.8) is 0 Å². The fourth-order valence-electron chi connectivity index (χ4n) is 6.57. The lowest BCUT2D eigenvalue weighted by Crippen LogP contribution is -2.40. The molecule has 1 saturated carbocycles. The van der Waals surface area contributed by atoms with Crippen molar-refractivity contribution in [1.29, 1.82) is 0 Å². The van der Waals surface area contributed by atoms with Crippen LogP contribution in [0, 0.1) is 25.2 Å². The molecule has 3 aliphatic rings. The van der Waals surface area contributed by atoms with Crippen LogP contribution in [0.25, 0.3) is 11.3 Å². The molecule has 1 amide bonds. The molecule has 43 heavy (non-hydrogen) atoms. The number of carbonyl (C=O) groups excluding carboxylic acids is 2. The van der Waals surface area contributed by atoms with Gasteiger partial charge in [-0.3, -0.25) is 4.79 Å². The molecule has 0 radical (unpaired) electrons. The van der Waals surface area contributed by atoms with Gasteiger partial charge in [-0.2, -0.15) is 0 Å². The summed E-state index contributed by atoms with van der Waals surface area (Å²) in [6, 6.07) is 16.6. The van der Waals surface area contributed by atoms with E-state index in [1.165, 1.54) is 18.2 Å². The summed E-state index contributed by atoms with van der Waals surface area (Å²) in [6.07, 6.45) is 1.42. The van der Waals surface area contributed by atoms with Crippen molar-refractivity contribution in [3.05, 3.63) is 76.3 Å². The molecule has 2 atom stereocenters. The minimum Gasteiger partial charge on any atom is -0.488 e. The predicted molar refractivity (Wildman–Crippen MR) is 165 cm³/mol. The quantitative estimate of drug-likeness (QED) is 0.318. The topological polar surface area (TPSA) is 81.2 Å². The van der Waals surface area contributed by atoms with Crippen molar-refractivity contribution in [2.24, 2.45) is 11.3 Å². The summed E-state index contributed by atoms with van der Waals surface area (Å²) in [5, 5.41) is 0. The van der Waals surface area contributed by atoms with E-state index in [-0.39, 0.29) is 17.5 Å². The van der Waals surface area contributed by atoms with Gasteiger partial charge in [-0.15, -0.1) is 0 Å². The van der Waals surface area contributed by atoms with E-state index in [1.54, 1.807) is 4.90 Å². The third kappa shape index (κ3) is 5.79. The molecule has 2 aromatic carbocycles. The van der Waals surface area contributed by atoms with E-state index in [0.717, 1.165) is 58.9 Å². The van der Waals surface area contributed by atoms with Crippen LogP contribution in [-0.2, 0) is 33.8 Å². The van der Waals surface area contributed by atoms with Crippen LogP contribution in [0.1, 0.15) is 55.0 Å². The Morgan fingerprint density at radius 2 is 1.91 bits per heavy atom. The molecule has 8 heteroatoms. The molecular weight excluding hydrogens is 542 g/mol. The van der Waals surface area contributed by atoms with Gasteiger partial charge in [0.25, 0.3) is 0 Å². The number of amides is 1. The van der Waals surface area contributed by atoms with Crippen molar-refractivity contribution < 1.29 is 23.8 Å². The SMILES string of the molecule is COC(=O)[C@]12C[C@H]1CN(c1cccc(-c3cc(C)ccc3OCc3cc(C)c4c(c3)CCN(C(=O)OC(C)(C)C)C4)n1)C2. The zero-order valence-electron chi connectivity index (χ0n) is 26.0. The molecule has 0 spiro atoms. The second-order valence-electron chi connectivity index (χ2n) is 13.3. The molecule has 2 fully saturated rings. The van der Waals surface area contributed by atoms with E-state index in [1.807, 2.05) is 45.0 Å². The number of aromatic nitrogens is 1. The average molecular weight is 584 g/mol. The van der Waals surface area contributed by atoms with Crippen LogP contribution in [0.2, 0.25) is 0 Å². The number of anilines is 1. The second-order valence-corrected chi connectivity index (χ2v) is 13.3. The standard InChI is InChI=1S/C35H41N3O5/c1-22-10-11-30(27(14-22)29-8-7-9-31(36-29)38-18-26-17-35(26,21-38)32(39)41-6)42-20-24-15-23(2)28-19-37(13-12-25(28)16-24)33(40)43-34(3,4)5/h7-11,14-16,26H,12-13,17-21H2,1-6H3/t26-,35-/m0/s1. The first kappa shape index (κ1) is 29.0. The summed E-state index contributed by atoms with van der Waals surface area (Å²) >= 11 is 0. The zero-order valence-corrected chi connectivity index (χ0v) is 26.0. The molecule has 1 saturated heterocycles. The lowest BCUT2D eigenvalue weighted by atomic mass is 9.93. The molecular formula is C35H41N3O5. The van der Waals surface area contributed by atoms with Crippen LogP contribution in [-0.4, -0.2) is 54.3 Å². The van der Waals surface area contributed by atoms with E-state index in [0.29, 0.717) is 32.2 Å². The first-order valence-corrected chi connectivity index (χ1v) is 15.1. The first-order valence-electron chi connectivity index (χ1n) is 15.1. The smallest absolute Gasteiger partial charge is 0.410 e. The minimum absolute atomic E-state index is 0.108. The molecule has 1 aliphatic carbocycles. The van der Waals surface area contributed by atoms with Crippen molar-refractivity contribution >= 4 is 17.9 Å². The maximum absolute atomic E-state index is 12.7. The summed E-state index contributed by atoms with van der Waals surface area (Å²) < 4.78 is 17.1. The van der Waals surface area contributed by atoms with Crippen LogP contribution in [0.4, 0.5) is 10.6 Å². The van der Waals surface area contributed by atoms with Gasteiger partial charge in [-0.1, -0.05) is 29.8 Å². The normalized spacial score (nSPS) is 20.7. The Kier molecular flexibility index (Phi) is 7.35. The minimum atomic E-state index is -0.513. The lowest BCUT2D eigenvalue weighted by Gasteiger charge is -2.32. The number of hydrogen-bond donors (Lipinski definition) is 0. The van der Waals surface area contributed by atoms with Gasteiger partial charge in [0.1, 0.15) is 23.8 Å². The summed E-state index contributed by atoms with van der Waals surface area (Å²) in [7, 11) is 1.47. The first-order chi connectivity index (χ1) is 20.5. The van der Waals surface area contributed by atoms with Crippen molar-refractivity contribution in [1.82, 2.24) is 9.88 Å². The number of pyridine rings is 1. The number of nitrogens with zero attached hydrogens (tertiary/aromatic N) is 3. The summed E-state index contributed by atoms with van der Waals surface area (Å²) in [5.74, 6) is 1.87. The molecule has 6 rings (SSSR count). The van der Waals surface area contributed by atoms with E-state index in [4.69, 9.17) is 19.2 Å². The number of ether oxygens (including phenoxy) is 3. The Morgan fingerprint density at radius 3 is 2.67 bits per heavy atom. The Balaban J connectivity index is 1.18. The molecule has 0 bridgehead atoms. The number of methoxy groups -OCH3 is 1. The molecule has 8 nitrogen and oxygen atoms in total. The van der Waals surface area contributed by atoms with Crippen molar-refractivity contribution in [2.75, 3.05) is 31.6 Å². The Bertz CT molecular complexity index is 1580. The van der Waals surface area contributed by atoms with E-state index in [9.17, 15) is 9.59 Å². The highest BCUT2D eigenvalue weighted by atomic mass is 16.6. The largest absolute Gasteiger partial charge is 0.488 e. The number of aryl methyl sites for hydroxylation is 2. The highest BCUT2D eigenvalue weighted by molar-refractivity contribution is 5.83. The number of esters is 1. The summed E-state index contributed by atoms with van der Waals surface area (Å²) in [6.45, 7) is 12.9. The maximum atomic E-state index is 12.7. The number of carbonyl (C=O) groups is 2. The summed E-state index contributed by atoms with van der Waals surface area (Å²) in [5.41, 5.74) is 6.71. The Morgan fingerprint density at radius 1 is 1.09 bits per heavy atom. The highest BCUT2D eigenvalue weighted by Crippen LogP contribution is 2.59. The molecule has 3 heterocycles. The molecule has 0 N–H and O–H groups in total. The number of piperidine rings is 1. The van der Waals surface area contributed by atoms with E-state index < -0.39 is 5.60 Å². The van der Waals surface area contributed by atoms with E-state index >= 15 is 0 Å². The Hall–Kier alpha value is -4.07. The van der Waals surface area contributed by atoms with Crippen molar-refractivity contribution in [3.8, 4) is 17.0 Å². The molecule has 2 aliphatic heterocycles. The van der Waals surface area contributed by atoms with Gasteiger partial charge >= 0.3 is 12.1 Å². The van der Waals surface area contributed by atoms with Gasteiger partial charge in [-0.05, 0) is 99.9 Å². The molecule has 0 unspecified atom stereocenters. The van der Waals surface area contributed by atoms with Gasteiger partial charge in [0.2, 0.25) is 0 Å². The third-order valence-electron chi connectivity index (χ3n) is 8.88. The van der Waals surface area contributed by atoms with Crippen LogP contribution >= 0.6 is 0 Å². The van der Waals surface area contributed by atoms with Gasteiger partial charge in [0.05, 0.1) is 18.2 Å². The van der Waals surface area contributed by atoms with Crippen molar-refractivity contribution in [2.45, 2.75) is 66.2 Å². The van der Waals surface area contributed by atoms with E-state index in [2.05, 4.69) is 43.0 Å². The average Bonchev–Trinajstić information content (AvgIpc) is 3.55. The Labute approximate surface area is 254 Å². The maximum Gasteiger partial charge on any atom is 0.410 e. The highest BCUT2D eigenvalue weighted by Gasteiger charge is 2.66. The molecule has 3 aromatic rings. The van der Waals surface area contributed by atoms with Crippen LogP contribution < -0.4 is 9.64 Å². The second kappa shape index (κ2) is 10.9.